The molecule has 6 nitrogen and oxygen atoms in total. The van der Waals surface area contributed by atoms with E-state index in [4.69, 9.17) is 0 Å². The predicted molar refractivity (Wildman–Crippen MR) is 115 cm³/mol. The van der Waals surface area contributed by atoms with E-state index in [0.29, 0.717) is 23.4 Å². The fourth-order valence-electron chi connectivity index (χ4n) is 2.72. The normalized spacial score (nSPS) is 12.0. The van der Waals surface area contributed by atoms with Crippen LogP contribution in [0.25, 0.3) is 0 Å². The SMILES string of the molecule is CCNC(=O)c1cccc(NC(=O)C(C)NC(=O)c2ccc(C(C)(C)C)cc2)c1. The van der Waals surface area contributed by atoms with Gasteiger partial charge in [0.2, 0.25) is 5.91 Å². The average Bonchev–Trinajstić information content (AvgIpc) is 2.67. The Balaban J connectivity index is 1.99. The van der Waals surface area contributed by atoms with Gasteiger partial charge in [-0.2, -0.15) is 0 Å². The Labute approximate surface area is 172 Å². The minimum atomic E-state index is -0.738. The molecular formula is C23H29N3O3. The van der Waals surface area contributed by atoms with Crippen LogP contribution in [0.4, 0.5) is 5.69 Å². The van der Waals surface area contributed by atoms with Crippen molar-refractivity contribution < 1.29 is 14.4 Å². The first-order valence-electron chi connectivity index (χ1n) is 9.72. The molecule has 0 aliphatic rings. The van der Waals surface area contributed by atoms with E-state index in [1.807, 2.05) is 19.1 Å². The van der Waals surface area contributed by atoms with Gasteiger partial charge in [-0.25, -0.2) is 0 Å². The number of carbonyl (C=O) groups is 3. The van der Waals surface area contributed by atoms with Gasteiger partial charge in [0.1, 0.15) is 6.04 Å². The van der Waals surface area contributed by atoms with Gasteiger partial charge in [0, 0.05) is 23.4 Å². The highest BCUT2D eigenvalue weighted by atomic mass is 16.2. The van der Waals surface area contributed by atoms with Crippen molar-refractivity contribution in [2.45, 2.75) is 46.1 Å². The third kappa shape index (κ3) is 6.17. The van der Waals surface area contributed by atoms with Gasteiger partial charge >= 0.3 is 0 Å². The largest absolute Gasteiger partial charge is 0.352 e. The van der Waals surface area contributed by atoms with Crippen LogP contribution >= 0.6 is 0 Å². The Bertz CT molecular complexity index is 883. The van der Waals surface area contributed by atoms with Crippen molar-refractivity contribution in [3.05, 3.63) is 65.2 Å². The molecular weight excluding hydrogens is 366 g/mol. The molecule has 0 fully saturated rings. The number of anilines is 1. The molecule has 0 radical (unpaired) electrons. The van der Waals surface area contributed by atoms with E-state index in [9.17, 15) is 14.4 Å². The van der Waals surface area contributed by atoms with Crippen LogP contribution < -0.4 is 16.0 Å². The molecule has 3 N–H and O–H groups in total. The highest BCUT2D eigenvalue weighted by Crippen LogP contribution is 2.22. The van der Waals surface area contributed by atoms with Gasteiger partial charge < -0.3 is 16.0 Å². The molecule has 6 heteroatoms. The third-order valence-corrected chi connectivity index (χ3v) is 4.48. The van der Waals surface area contributed by atoms with Gasteiger partial charge in [-0.1, -0.05) is 39.0 Å². The number of nitrogens with one attached hydrogen (secondary N) is 3. The molecule has 0 aliphatic carbocycles. The molecule has 2 aromatic carbocycles. The van der Waals surface area contributed by atoms with Crippen LogP contribution in [0.1, 0.15) is 60.9 Å². The summed E-state index contributed by atoms with van der Waals surface area (Å²) in [6.45, 7) is 10.3. The van der Waals surface area contributed by atoms with Gasteiger partial charge in [-0.15, -0.1) is 0 Å². The summed E-state index contributed by atoms with van der Waals surface area (Å²) >= 11 is 0. The first-order valence-corrected chi connectivity index (χ1v) is 9.72. The quantitative estimate of drug-likeness (QED) is 0.700. The van der Waals surface area contributed by atoms with E-state index >= 15 is 0 Å². The van der Waals surface area contributed by atoms with Gasteiger partial charge in [-0.05, 0) is 55.2 Å². The summed E-state index contributed by atoms with van der Waals surface area (Å²) in [4.78, 5) is 36.8. The molecule has 1 atom stereocenters. The van der Waals surface area contributed by atoms with Crippen LogP contribution in [0.5, 0.6) is 0 Å². The fraction of sp³-hybridized carbons (Fsp3) is 0.348. The van der Waals surface area contributed by atoms with Gasteiger partial charge in [0.05, 0.1) is 0 Å². The summed E-state index contributed by atoms with van der Waals surface area (Å²) in [5.74, 6) is -0.884. The minimum Gasteiger partial charge on any atom is -0.352 e. The summed E-state index contributed by atoms with van der Waals surface area (Å²) in [6.07, 6.45) is 0. The fourth-order valence-corrected chi connectivity index (χ4v) is 2.72. The zero-order chi connectivity index (χ0) is 21.6. The molecule has 0 saturated carbocycles. The lowest BCUT2D eigenvalue weighted by molar-refractivity contribution is -0.117. The maximum Gasteiger partial charge on any atom is 0.251 e. The number of hydrogen-bond acceptors (Lipinski definition) is 3. The average molecular weight is 396 g/mol. The highest BCUT2D eigenvalue weighted by Gasteiger charge is 2.18. The Morgan fingerprint density at radius 2 is 1.59 bits per heavy atom. The number of carbonyl (C=O) groups excluding carboxylic acids is 3. The van der Waals surface area contributed by atoms with Gasteiger partial charge in [-0.3, -0.25) is 14.4 Å². The lowest BCUT2D eigenvalue weighted by Gasteiger charge is -2.19. The molecule has 0 aromatic heterocycles. The minimum absolute atomic E-state index is 0.00471. The van der Waals surface area contributed by atoms with Crippen molar-refractivity contribution in [3.8, 4) is 0 Å². The van der Waals surface area contributed by atoms with Crippen LogP contribution in [0, 0.1) is 0 Å². The lowest BCUT2D eigenvalue weighted by Crippen LogP contribution is -2.41. The Hall–Kier alpha value is -3.15. The summed E-state index contributed by atoms with van der Waals surface area (Å²) in [6, 6.07) is 13.3. The number of rotatable bonds is 6. The molecule has 154 valence electrons. The summed E-state index contributed by atoms with van der Waals surface area (Å²) in [7, 11) is 0. The van der Waals surface area contributed by atoms with Crippen LogP contribution in [-0.4, -0.2) is 30.3 Å². The van der Waals surface area contributed by atoms with E-state index in [2.05, 4.69) is 36.7 Å². The standard InChI is InChI=1S/C23H29N3O3/c1-6-24-21(28)17-8-7-9-19(14-17)26-20(27)15(2)25-22(29)16-10-12-18(13-11-16)23(3,4)5/h7-15H,6H2,1-5H3,(H,24,28)(H,25,29)(H,26,27). The van der Waals surface area contributed by atoms with E-state index in [1.165, 1.54) is 0 Å². The Kier molecular flexibility index (Phi) is 7.15. The van der Waals surface area contributed by atoms with E-state index < -0.39 is 6.04 Å². The van der Waals surface area contributed by atoms with Crippen molar-refractivity contribution in [2.75, 3.05) is 11.9 Å². The molecule has 0 saturated heterocycles. The van der Waals surface area contributed by atoms with Crippen LogP contribution in [0.15, 0.2) is 48.5 Å². The molecule has 0 spiro atoms. The van der Waals surface area contributed by atoms with E-state index in [0.717, 1.165) is 5.56 Å². The van der Waals surface area contributed by atoms with Crippen molar-refractivity contribution >= 4 is 23.4 Å². The summed E-state index contributed by atoms with van der Waals surface area (Å²) in [5, 5.41) is 8.15. The van der Waals surface area contributed by atoms with Crippen LogP contribution in [-0.2, 0) is 10.2 Å². The summed E-state index contributed by atoms with van der Waals surface area (Å²) in [5.41, 5.74) is 2.59. The van der Waals surface area contributed by atoms with Crippen molar-refractivity contribution in [3.63, 3.8) is 0 Å². The highest BCUT2D eigenvalue weighted by molar-refractivity contribution is 6.02. The first-order chi connectivity index (χ1) is 13.6. The number of hydrogen-bond donors (Lipinski definition) is 3. The molecule has 2 aromatic rings. The lowest BCUT2D eigenvalue weighted by atomic mass is 9.86. The smallest absolute Gasteiger partial charge is 0.251 e. The predicted octanol–water partition coefficient (Wildman–Crippen LogP) is 3.49. The second-order valence-corrected chi connectivity index (χ2v) is 7.95. The Morgan fingerprint density at radius 1 is 0.931 bits per heavy atom. The van der Waals surface area contributed by atoms with Gasteiger partial charge in [0.25, 0.3) is 11.8 Å². The molecule has 3 amide bonds. The second kappa shape index (κ2) is 9.37. The van der Waals surface area contributed by atoms with Crippen molar-refractivity contribution in [1.29, 1.82) is 0 Å². The molecule has 2 rings (SSSR count). The topological polar surface area (TPSA) is 87.3 Å². The maximum atomic E-state index is 12.4. The van der Waals surface area contributed by atoms with Crippen molar-refractivity contribution in [2.24, 2.45) is 0 Å². The first kappa shape index (κ1) is 22.1. The third-order valence-electron chi connectivity index (χ3n) is 4.48. The van der Waals surface area contributed by atoms with Gasteiger partial charge in [0.15, 0.2) is 0 Å². The molecule has 0 heterocycles. The van der Waals surface area contributed by atoms with E-state index in [1.54, 1.807) is 43.3 Å². The Morgan fingerprint density at radius 3 is 2.17 bits per heavy atom. The van der Waals surface area contributed by atoms with Crippen LogP contribution in [0.2, 0.25) is 0 Å². The summed E-state index contributed by atoms with van der Waals surface area (Å²) < 4.78 is 0. The molecule has 1 unspecified atom stereocenters. The van der Waals surface area contributed by atoms with Crippen molar-refractivity contribution in [1.82, 2.24) is 10.6 Å². The molecule has 0 aliphatic heterocycles. The zero-order valence-corrected chi connectivity index (χ0v) is 17.6. The van der Waals surface area contributed by atoms with E-state index in [-0.39, 0.29) is 23.1 Å². The molecule has 29 heavy (non-hydrogen) atoms. The number of amides is 3. The molecule has 0 bridgehead atoms. The zero-order valence-electron chi connectivity index (χ0n) is 17.6. The van der Waals surface area contributed by atoms with Crippen LogP contribution in [0.3, 0.4) is 0 Å². The second-order valence-electron chi connectivity index (χ2n) is 7.95. The monoisotopic (exact) mass is 395 g/mol. The maximum absolute atomic E-state index is 12.4. The number of benzene rings is 2.